The Morgan fingerprint density at radius 2 is 0.517 bits per heavy atom. The van der Waals surface area contributed by atoms with E-state index in [1.165, 1.54) is 337 Å². The van der Waals surface area contributed by atoms with Gasteiger partial charge in [0.25, 0.3) is 0 Å². The average Bonchev–Trinajstić information content (AvgIpc) is 2.07. The van der Waals surface area contributed by atoms with Gasteiger partial charge in [-0.2, -0.15) is 17.5 Å². The molecule has 0 radical (unpaired) electrons. The molecule has 0 amide bonds. The molecule has 4 aromatic rings. The summed E-state index contributed by atoms with van der Waals surface area (Å²) in [6.45, 7) is 31.1. The molecule has 0 unspecified atom stereocenters. The van der Waals surface area contributed by atoms with E-state index in [1.54, 1.807) is 15.6 Å². The number of halogens is 7. The number of hydrogen-bond acceptors (Lipinski definition) is 4. The van der Waals surface area contributed by atoms with E-state index in [-0.39, 0.29) is 18.9 Å². The zero-order valence-corrected chi connectivity index (χ0v) is 75.1. The van der Waals surface area contributed by atoms with Crippen LogP contribution >= 0.6 is 152 Å². The quantitative estimate of drug-likeness (QED) is 0.0179. The molecule has 0 fully saturated rings. The number of hydrogen-bond donors (Lipinski definition) is 0. The Balaban J connectivity index is 0.00000152. The fourth-order valence-electron chi connectivity index (χ4n) is 11.1. The predicted molar refractivity (Wildman–Crippen MR) is 441 cm³/mol. The van der Waals surface area contributed by atoms with E-state index in [9.17, 15) is 0 Å². The first-order chi connectivity index (χ1) is 42.1. The molecular weight excluding hydrogens is 1610 g/mol. The predicted octanol–water partition coefficient (Wildman–Crippen LogP) is 30.9. The van der Waals surface area contributed by atoms with Gasteiger partial charge in [0.05, 0.1) is 35.2 Å². The summed E-state index contributed by atoms with van der Waals surface area (Å²) in [6, 6.07) is 0. The van der Waals surface area contributed by atoms with Crippen molar-refractivity contribution in [3.63, 3.8) is 0 Å². The van der Waals surface area contributed by atoms with Gasteiger partial charge in [-0.25, -0.2) is 0 Å². The second-order valence-electron chi connectivity index (χ2n) is 27.2. The smallest absolute Gasteiger partial charge is 0.343 e. The van der Waals surface area contributed by atoms with Gasteiger partial charge in [-0.15, -0.1) is 45.3 Å². The van der Waals surface area contributed by atoms with Crippen LogP contribution in [0, 0.1) is 13.8 Å². The molecule has 89 heavy (non-hydrogen) atoms. The van der Waals surface area contributed by atoms with E-state index in [0.29, 0.717) is 0 Å². The van der Waals surface area contributed by atoms with E-state index < -0.39 is 15.5 Å². The summed E-state index contributed by atoms with van der Waals surface area (Å²) in [4.78, 5) is 7.19. The van der Waals surface area contributed by atoms with Crippen molar-refractivity contribution in [1.82, 2.24) is 0 Å². The molecule has 0 aliphatic heterocycles. The molecule has 0 saturated carbocycles. The average molecular weight is 1740 g/mol. The van der Waals surface area contributed by atoms with Crippen LogP contribution in [0.5, 0.6) is 0 Å². The van der Waals surface area contributed by atoms with Crippen molar-refractivity contribution in [2.75, 3.05) is 0 Å². The second-order valence-corrected chi connectivity index (χ2v) is 50.2. The summed E-state index contributed by atoms with van der Waals surface area (Å²) >= 11 is 37.6. The van der Waals surface area contributed by atoms with Crippen LogP contribution < -0.4 is 23.4 Å². The molecule has 0 aromatic carbocycles. The van der Waals surface area contributed by atoms with Crippen LogP contribution in [0.25, 0.3) is 19.5 Å². The third kappa shape index (κ3) is 42.7. The fraction of sp³-hybridized carbons (Fsp3) is 0.773. The van der Waals surface area contributed by atoms with Crippen LogP contribution in [0.3, 0.4) is 0 Å². The Morgan fingerprint density at radius 1 is 0.315 bits per heavy atom. The van der Waals surface area contributed by atoms with E-state index in [2.05, 4.69) is 195 Å². The Bertz CT molecular complexity index is 2230. The molecule has 4 rings (SSSR count). The van der Waals surface area contributed by atoms with Crippen molar-refractivity contribution in [3.8, 4) is 19.5 Å². The van der Waals surface area contributed by atoms with Crippen LogP contribution in [-0.2, 0) is 25.7 Å². The first-order valence-electron chi connectivity index (χ1n) is 36.2. The molecule has 0 aliphatic rings. The van der Waals surface area contributed by atoms with Gasteiger partial charge in [0.15, 0.2) is 0 Å². The Labute approximate surface area is 638 Å². The molecule has 4 aromatic heterocycles. The van der Waals surface area contributed by atoms with Crippen LogP contribution in [0.2, 0.25) is 39.3 Å². The largest absolute Gasteiger partial charge is 1.00 e. The van der Waals surface area contributed by atoms with Crippen LogP contribution in [-0.4, -0.2) is 15.5 Å². The molecule has 0 spiro atoms. The van der Waals surface area contributed by atoms with Gasteiger partial charge in [0.2, 0.25) is 0 Å². The van der Waals surface area contributed by atoms with Crippen molar-refractivity contribution < 1.29 is 18.9 Å². The summed E-state index contributed by atoms with van der Waals surface area (Å²) in [6.07, 6.45) is 62.9. The maximum Gasteiger partial charge on any atom is 1.00 e. The fourth-order valence-corrected chi connectivity index (χ4v) is 25.1. The Kier molecular flexibility index (Phi) is 59.7. The molecule has 14 heteroatoms. The summed E-state index contributed by atoms with van der Waals surface area (Å²) in [7, 11) is -2.55. The van der Waals surface area contributed by atoms with E-state index in [0.717, 1.165) is 19.3 Å². The summed E-state index contributed by atoms with van der Waals surface area (Å²) in [5, 5.41) is 0. The van der Waals surface area contributed by atoms with Crippen molar-refractivity contribution in [1.29, 1.82) is 0 Å². The Morgan fingerprint density at radius 3 is 0.775 bits per heavy atom. The zero-order chi connectivity index (χ0) is 65.6. The van der Waals surface area contributed by atoms with Crippen LogP contribution in [0.15, 0.2) is 25.5 Å². The van der Waals surface area contributed by atoms with Gasteiger partial charge in [0, 0.05) is 22.8 Å². The molecular formula is C75H130Br6ClLiS4Si2. The number of thiophene rings is 4. The summed E-state index contributed by atoms with van der Waals surface area (Å²) in [5.41, 5.74) is 6.11. The van der Waals surface area contributed by atoms with E-state index in [1.807, 2.05) is 34.0 Å². The second kappa shape index (κ2) is 57.7. The first-order valence-corrected chi connectivity index (χ1v) is 52.2. The molecule has 0 nitrogen and oxygen atoms in total. The van der Waals surface area contributed by atoms with Gasteiger partial charge in [-0.1, -0.05) is 311 Å². The number of unbranched alkanes of at least 4 members (excludes halogenated alkanes) is 37. The van der Waals surface area contributed by atoms with Gasteiger partial charge in [-0.05, 0) is 181 Å². The Hall–Kier alpha value is 3.00. The maximum atomic E-state index is 5.67. The third-order valence-electron chi connectivity index (χ3n) is 16.4. The summed E-state index contributed by atoms with van der Waals surface area (Å²) < 4.78 is 9.68. The first kappa shape index (κ1) is 92.0. The third-order valence-corrected chi connectivity index (χ3v) is 31.3. The van der Waals surface area contributed by atoms with E-state index in [4.69, 9.17) is 11.1 Å². The molecule has 0 aliphatic carbocycles. The number of rotatable bonds is 48. The van der Waals surface area contributed by atoms with Crippen molar-refractivity contribution in [3.05, 3.63) is 59.5 Å². The SMILES string of the molecule is CCCCCCCCCCCCc1c(Br)sc(-c2sc(Br)c(CCCCCCCCCCCC)c2Br)c1Br.CCCCCCCCCCCCc1c(C)sc(-c2sc([Si](C)(C)C)c(CCCCCCCCCCCC)c2Br)c1Br.C[Si](C)(C)Cl.[CH2-]CCC.[Li+]. The van der Waals surface area contributed by atoms with Gasteiger partial charge in [-0.3, -0.25) is 0 Å². The minimum Gasteiger partial charge on any atom is -0.343 e. The van der Waals surface area contributed by atoms with Gasteiger partial charge < -0.3 is 6.92 Å². The molecule has 4 heterocycles. The minimum absolute atomic E-state index is 0. The summed E-state index contributed by atoms with van der Waals surface area (Å²) in [5.74, 6) is 0. The molecule has 0 N–H and O–H groups in total. The standard InChI is InChI=1S/C36H62Br2S2Si.C32H50Br4S2.C4H9.C3H9ClSi.Li/c1-7-9-11-13-15-17-19-21-23-25-27-30-29(3)39-34(32(30)37)35-33(38)31(36(40-35)41(4,5)6)28-26-24-22-20-18-16-14-12-10-8-2;1-3-5-7-9-11-13-15-17-19-21-23-25-27(33)29(37-31(25)35)30-28(34)26(32(36)38-30)24-22-20-18-16-14-12-10-8-6-4-2;1-3-4-2;1-5(2,3)4;/h7-28H2,1-6H3;3-24H2,1-2H3;1,3-4H2,2H3;1-3H3;/q;;-1;;+1. The molecule has 0 saturated heterocycles. The van der Waals surface area contributed by atoms with Crippen LogP contribution in [0.4, 0.5) is 0 Å². The van der Waals surface area contributed by atoms with Gasteiger partial charge in [0.1, 0.15) is 7.38 Å². The monoisotopic (exact) mass is 1730 g/mol. The van der Waals surface area contributed by atoms with Crippen molar-refractivity contribution in [2.45, 2.75) is 376 Å². The van der Waals surface area contributed by atoms with Crippen molar-refractivity contribution >= 4 is 172 Å². The molecule has 512 valence electrons. The van der Waals surface area contributed by atoms with Crippen molar-refractivity contribution in [2.24, 2.45) is 0 Å². The zero-order valence-electron chi connectivity index (χ0n) is 59.5. The number of aryl methyl sites for hydroxylation is 1. The molecule has 0 bridgehead atoms. The normalized spacial score (nSPS) is 11.6. The topological polar surface area (TPSA) is 0 Å². The maximum absolute atomic E-state index is 5.67. The van der Waals surface area contributed by atoms with Gasteiger partial charge >= 0.3 is 18.9 Å². The minimum atomic E-state index is -1.41. The van der Waals surface area contributed by atoms with Crippen LogP contribution in [0.1, 0.15) is 331 Å². The molecule has 0 atom stereocenters. The van der Waals surface area contributed by atoms with E-state index >= 15 is 0 Å².